The molecule has 0 aromatic heterocycles. The minimum Gasteiger partial charge on any atom is -0.469 e. The number of halogens is 1. The van der Waals surface area contributed by atoms with Crippen LogP contribution in [0.4, 0.5) is 11.4 Å². The lowest BCUT2D eigenvalue weighted by Crippen LogP contribution is -2.04. The molecule has 1 N–H and O–H groups in total. The van der Waals surface area contributed by atoms with E-state index in [2.05, 4.69) is 26.0 Å². The van der Waals surface area contributed by atoms with E-state index in [4.69, 9.17) is 0 Å². The molecule has 116 valence electrons. The van der Waals surface area contributed by atoms with Crippen molar-refractivity contribution in [3.63, 3.8) is 0 Å². The fourth-order valence-electron chi connectivity index (χ4n) is 1.90. The molecule has 0 aliphatic carbocycles. The van der Waals surface area contributed by atoms with Gasteiger partial charge in [0.15, 0.2) is 0 Å². The molecule has 0 fully saturated rings. The van der Waals surface area contributed by atoms with Gasteiger partial charge in [-0.2, -0.15) is 0 Å². The number of benzene rings is 1. The third-order valence-corrected chi connectivity index (χ3v) is 3.74. The Bertz CT molecular complexity index is 520. The molecule has 6 nitrogen and oxygen atoms in total. The topological polar surface area (TPSA) is 81.5 Å². The van der Waals surface area contributed by atoms with E-state index in [1.54, 1.807) is 13.0 Å². The molecule has 0 radical (unpaired) electrons. The number of carbonyl (C=O) groups excluding carboxylic acids is 1. The van der Waals surface area contributed by atoms with Crippen LogP contribution in [0.3, 0.4) is 0 Å². The Balaban J connectivity index is 2.41. The Morgan fingerprint density at radius 3 is 2.71 bits per heavy atom. The molecule has 0 aliphatic heterocycles. The third kappa shape index (κ3) is 5.71. The number of nitro benzene ring substituents is 1. The number of aryl methyl sites for hydroxylation is 1. The van der Waals surface area contributed by atoms with Crippen LogP contribution in [0.2, 0.25) is 0 Å². The number of nitrogens with zero attached hydrogens (tertiary/aromatic N) is 1. The number of carbonyl (C=O) groups is 1. The average molecular weight is 359 g/mol. The minimum atomic E-state index is -0.392. The Hall–Kier alpha value is -1.63. The lowest BCUT2D eigenvalue weighted by atomic mass is 10.1. The van der Waals surface area contributed by atoms with Crippen LogP contribution >= 0.6 is 15.9 Å². The first kappa shape index (κ1) is 17.4. The lowest BCUT2D eigenvalue weighted by Gasteiger charge is -2.10. The number of hydrogen-bond acceptors (Lipinski definition) is 5. The molecule has 0 aliphatic rings. The van der Waals surface area contributed by atoms with Gasteiger partial charge in [-0.15, -0.1) is 0 Å². The smallest absolute Gasteiger partial charge is 0.305 e. The second kappa shape index (κ2) is 8.61. The van der Waals surface area contributed by atoms with Crippen molar-refractivity contribution in [3.8, 4) is 0 Å². The van der Waals surface area contributed by atoms with Crippen LogP contribution in [-0.2, 0) is 9.53 Å². The zero-order valence-corrected chi connectivity index (χ0v) is 13.7. The summed E-state index contributed by atoms with van der Waals surface area (Å²) < 4.78 is 5.25. The number of hydrogen-bond donors (Lipinski definition) is 1. The van der Waals surface area contributed by atoms with Crippen LogP contribution in [0.5, 0.6) is 0 Å². The van der Waals surface area contributed by atoms with Gasteiger partial charge in [0.05, 0.1) is 12.0 Å². The van der Waals surface area contributed by atoms with Gasteiger partial charge in [-0.05, 0) is 41.8 Å². The molecule has 0 saturated heterocycles. The number of unbranched alkanes of at least 4 members (excludes halogenated alkanes) is 2. The van der Waals surface area contributed by atoms with E-state index in [1.807, 2.05) is 0 Å². The van der Waals surface area contributed by atoms with Gasteiger partial charge in [0.1, 0.15) is 0 Å². The molecular formula is C14H19BrN2O4. The zero-order valence-electron chi connectivity index (χ0n) is 12.1. The van der Waals surface area contributed by atoms with Crippen molar-refractivity contribution in [1.82, 2.24) is 0 Å². The average Bonchev–Trinajstić information content (AvgIpc) is 2.44. The summed E-state index contributed by atoms with van der Waals surface area (Å²) in [4.78, 5) is 21.4. The summed E-state index contributed by atoms with van der Waals surface area (Å²) in [5, 5.41) is 14.1. The number of nitro groups is 1. The van der Waals surface area contributed by atoms with Crippen molar-refractivity contribution in [2.45, 2.75) is 32.6 Å². The molecular weight excluding hydrogens is 340 g/mol. The number of anilines is 1. The first-order chi connectivity index (χ1) is 9.95. The van der Waals surface area contributed by atoms with Crippen LogP contribution in [-0.4, -0.2) is 24.5 Å². The van der Waals surface area contributed by atoms with E-state index >= 15 is 0 Å². The van der Waals surface area contributed by atoms with Crippen molar-refractivity contribution in [2.24, 2.45) is 0 Å². The first-order valence-electron chi connectivity index (χ1n) is 6.71. The molecule has 0 unspecified atom stereocenters. The summed E-state index contributed by atoms with van der Waals surface area (Å²) in [6.45, 7) is 2.46. The highest BCUT2D eigenvalue weighted by Gasteiger charge is 2.13. The highest BCUT2D eigenvalue weighted by atomic mass is 79.9. The maximum absolute atomic E-state index is 10.9. The van der Waals surface area contributed by atoms with E-state index in [0.717, 1.165) is 31.5 Å². The molecule has 1 aromatic rings. The number of ether oxygens (including phenoxy) is 1. The monoisotopic (exact) mass is 358 g/mol. The van der Waals surface area contributed by atoms with Gasteiger partial charge in [-0.3, -0.25) is 14.9 Å². The molecule has 0 atom stereocenters. The van der Waals surface area contributed by atoms with E-state index in [1.165, 1.54) is 13.2 Å². The predicted molar refractivity (Wildman–Crippen MR) is 84.5 cm³/mol. The Kier molecular flexibility index (Phi) is 7.14. The first-order valence-corrected chi connectivity index (χ1v) is 7.50. The molecule has 1 rings (SSSR count). The molecule has 0 saturated carbocycles. The van der Waals surface area contributed by atoms with E-state index in [9.17, 15) is 14.9 Å². The Morgan fingerprint density at radius 2 is 2.10 bits per heavy atom. The minimum absolute atomic E-state index is 0.102. The molecule has 0 heterocycles. The normalized spacial score (nSPS) is 10.2. The fraction of sp³-hybridized carbons (Fsp3) is 0.500. The second-order valence-corrected chi connectivity index (χ2v) is 5.54. The van der Waals surface area contributed by atoms with E-state index in [0.29, 0.717) is 16.5 Å². The van der Waals surface area contributed by atoms with Crippen molar-refractivity contribution >= 4 is 33.3 Å². The lowest BCUT2D eigenvalue weighted by molar-refractivity contribution is -0.385. The summed E-state index contributed by atoms with van der Waals surface area (Å²) in [7, 11) is 1.39. The summed E-state index contributed by atoms with van der Waals surface area (Å²) in [6, 6.07) is 3.27. The second-order valence-electron chi connectivity index (χ2n) is 4.69. The number of nitrogens with one attached hydrogen (secondary N) is 1. The maximum Gasteiger partial charge on any atom is 0.305 e. The molecule has 7 heteroatoms. The van der Waals surface area contributed by atoms with Crippen molar-refractivity contribution < 1.29 is 14.5 Å². The Labute approximate surface area is 132 Å². The van der Waals surface area contributed by atoms with Gasteiger partial charge in [0, 0.05) is 34.8 Å². The standard InChI is InChI=1S/C14H19BrN2O4/c1-10-8-12(11(15)9-13(10)17(19)20)16-7-5-3-4-6-14(18)21-2/h8-9,16H,3-7H2,1-2H3. The van der Waals surface area contributed by atoms with Gasteiger partial charge >= 0.3 is 5.97 Å². The summed E-state index contributed by atoms with van der Waals surface area (Å²) >= 11 is 3.33. The molecule has 1 aromatic carbocycles. The largest absolute Gasteiger partial charge is 0.469 e. The molecule has 0 spiro atoms. The molecule has 21 heavy (non-hydrogen) atoms. The summed E-state index contributed by atoms with van der Waals surface area (Å²) in [5.41, 5.74) is 1.56. The quantitative estimate of drug-likeness (QED) is 0.330. The van der Waals surface area contributed by atoms with Crippen LogP contribution in [0, 0.1) is 17.0 Å². The third-order valence-electron chi connectivity index (χ3n) is 3.08. The summed E-state index contributed by atoms with van der Waals surface area (Å²) in [6.07, 6.45) is 3.08. The van der Waals surface area contributed by atoms with Crippen molar-refractivity contribution in [2.75, 3.05) is 19.0 Å². The SMILES string of the molecule is COC(=O)CCCCCNc1cc(C)c([N+](=O)[O-])cc1Br. The summed E-state index contributed by atoms with van der Waals surface area (Å²) in [5.74, 6) is -0.184. The van der Waals surface area contributed by atoms with Gasteiger partial charge in [-0.1, -0.05) is 6.42 Å². The van der Waals surface area contributed by atoms with Gasteiger partial charge < -0.3 is 10.1 Å². The van der Waals surface area contributed by atoms with E-state index in [-0.39, 0.29) is 11.7 Å². The number of methoxy groups -OCH3 is 1. The molecule has 0 amide bonds. The van der Waals surface area contributed by atoms with E-state index < -0.39 is 4.92 Å². The zero-order chi connectivity index (χ0) is 15.8. The van der Waals surface area contributed by atoms with Crippen molar-refractivity contribution in [3.05, 3.63) is 32.3 Å². The maximum atomic E-state index is 10.9. The van der Waals surface area contributed by atoms with Crippen LogP contribution in [0.25, 0.3) is 0 Å². The van der Waals surface area contributed by atoms with Crippen LogP contribution in [0.15, 0.2) is 16.6 Å². The Morgan fingerprint density at radius 1 is 1.38 bits per heavy atom. The molecule has 0 bridgehead atoms. The van der Waals surface area contributed by atoms with Crippen LogP contribution < -0.4 is 5.32 Å². The highest BCUT2D eigenvalue weighted by molar-refractivity contribution is 9.10. The van der Waals surface area contributed by atoms with Crippen LogP contribution in [0.1, 0.15) is 31.2 Å². The van der Waals surface area contributed by atoms with Gasteiger partial charge in [-0.25, -0.2) is 0 Å². The number of rotatable bonds is 8. The van der Waals surface area contributed by atoms with Gasteiger partial charge in [0.25, 0.3) is 5.69 Å². The number of esters is 1. The fourth-order valence-corrected chi connectivity index (χ4v) is 2.37. The van der Waals surface area contributed by atoms with Gasteiger partial charge in [0.2, 0.25) is 0 Å². The highest BCUT2D eigenvalue weighted by Crippen LogP contribution is 2.30. The predicted octanol–water partition coefficient (Wildman–Crippen LogP) is 3.81. The van der Waals surface area contributed by atoms with Crippen molar-refractivity contribution in [1.29, 1.82) is 0 Å².